The Hall–Kier alpha value is -2.73. The van der Waals surface area contributed by atoms with Crippen LogP contribution < -0.4 is 0 Å². The highest BCUT2D eigenvalue weighted by atomic mass is 16.5. The molecule has 0 spiro atoms. The molecule has 2 aliphatic heterocycles. The number of carbonyl (C=O) groups excluding carboxylic acids is 2. The molecule has 0 saturated carbocycles. The van der Waals surface area contributed by atoms with Gasteiger partial charge in [0.25, 0.3) is 5.91 Å². The molecule has 6 heteroatoms. The molecule has 1 aromatic carbocycles. The lowest BCUT2D eigenvalue weighted by atomic mass is 10.1. The lowest BCUT2D eigenvalue weighted by Crippen LogP contribution is -2.45. The molecule has 3 heterocycles. The van der Waals surface area contributed by atoms with E-state index in [0.717, 1.165) is 5.56 Å². The standard InChI is InChI=1S/C20H21N3O3/c24-19-9-11-26-18-14-22(20(25)16-8-4-5-10-21-16)13-17(18)23(19)12-15-6-2-1-3-7-15/h1-8,10,17-18H,9,11-14H2/t17-,18-/m0/s1. The van der Waals surface area contributed by atoms with Crippen LogP contribution in [0.15, 0.2) is 54.7 Å². The Morgan fingerprint density at radius 1 is 1.12 bits per heavy atom. The minimum Gasteiger partial charge on any atom is -0.374 e. The normalized spacial score (nSPS) is 22.8. The second kappa shape index (κ2) is 7.25. The highest BCUT2D eigenvalue weighted by molar-refractivity contribution is 5.92. The number of pyridine rings is 1. The smallest absolute Gasteiger partial charge is 0.272 e. The lowest BCUT2D eigenvalue weighted by Gasteiger charge is -2.29. The molecule has 0 unspecified atom stereocenters. The average Bonchev–Trinajstić information content (AvgIpc) is 3.05. The van der Waals surface area contributed by atoms with Crippen LogP contribution in [0.1, 0.15) is 22.5 Å². The van der Waals surface area contributed by atoms with Crippen molar-refractivity contribution in [3.63, 3.8) is 0 Å². The zero-order valence-corrected chi connectivity index (χ0v) is 14.5. The van der Waals surface area contributed by atoms with Crippen LogP contribution in [-0.2, 0) is 16.1 Å². The summed E-state index contributed by atoms with van der Waals surface area (Å²) in [6.45, 7) is 1.89. The Balaban J connectivity index is 1.54. The molecule has 4 rings (SSSR count). The fourth-order valence-corrected chi connectivity index (χ4v) is 3.65. The molecule has 6 nitrogen and oxygen atoms in total. The fraction of sp³-hybridized carbons (Fsp3) is 0.350. The predicted molar refractivity (Wildman–Crippen MR) is 95.3 cm³/mol. The zero-order valence-electron chi connectivity index (χ0n) is 14.5. The quantitative estimate of drug-likeness (QED) is 0.845. The van der Waals surface area contributed by atoms with Crippen LogP contribution in [0.2, 0.25) is 0 Å². The van der Waals surface area contributed by atoms with Crippen molar-refractivity contribution in [2.24, 2.45) is 0 Å². The first kappa shape index (κ1) is 16.7. The fourth-order valence-electron chi connectivity index (χ4n) is 3.65. The Kier molecular flexibility index (Phi) is 4.67. The number of hydrogen-bond donors (Lipinski definition) is 0. The molecule has 0 bridgehead atoms. The summed E-state index contributed by atoms with van der Waals surface area (Å²) in [5.74, 6) is -0.0390. The maximum absolute atomic E-state index is 12.7. The Morgan fingerprint density at radius 3 is 2.69 bits per heavy atom. The summed E-state index contributed by atoms with van der Waals surface area (Å²) >= 11 is 0. The van der Waals surface area contributed by atoms with Gasteiger partial charge < -0.3 is 14.5 Å². The minimum absolute atomic E-state index is 0.0773. The number of carbonyl (C=O) groups is 2. The van der Waals surface area contributed by atoms with Crippen LogP contribution in [0.3, 0.4) is 0 Å². The van der Waals surface area contributed by atoms with E-state index >= 15 is 0 Å². The molecule has 2 atom stereocenters. The first-order valence-electron chi connectivity index (χ1n) is 8.87. The van der Waals surface area contributed by atoms with Gasteiger partial charge in [-0.15, -0.1) is 0 Å². The molecule has 2 fully saturated rings. The third-order valence-electron chi connectivity index (χ3n) is 4.97. The molecule has 0 N–H and O–H groups in total. The van der Waals surface area contributed by atoms with Gasteiger partial charge >= 0.3 is 0 Å². The van der Waals surface area contributed by atoms with E-state index in [1.165, 1.54) is 0 Å². The van der Waals surface area contributed by atoms with Crippen molar-refractivity contribution in [2.75, 3.05) is 19.7 Å². The number of benzene rings is 1. The van der Waals surface area contributed by atoms with Gasteiger partial charge in [-0.2, -0.15) is 0 Å². The van der Waals surface area contributed by atoms with Crippen molar-refractivity contribution in [3.05, 3.63) is 66.0 Å². The molecule has 2 saturated heterocycles. The van der Waals surface area contributed by atoms with Crippen molar-refractivity contribution < 1.29 is 14.3 Å². The van der Waals surface area contributed by atoms with Gasteiger partial charge in [0.2, 0.25) is 5.91 Å². The van der Waals surface area contributed by atoms with Crippen molar-refractivity contribution in [1.82, 2.24) is 14.8 Å². The van der Waals surface area contributed by atoms with E-state index in [0.29, 0.717) is 38.4 Å². The molecule has 2 amide bonds. The van der Waals surface area contributed by atoms with Gasteiger partial charge in [-0.05, 0) is 17.7 Å². The maximum atomic E-state index is 12.7. The van der Waals surface area contributed by atoms with E-state index in [-0.39, 0.29) is 24.0 Å². The number of amides is 2. The number of aromatic nitrogens is 1. The van der Waals surface area contributed by atoms with Gasteiger partial charge in [-0.3, -0.25) is 14.6 Å². The SMILES string of the molecule is O=C(c1ccccn1)N1C[C@@H]2OCCC(=O)N(Cc3ccccc3)[C@H]2C1. The first-order chi connectivity index (χ1) is 12.7. The third-order valence-corrected chi connectivity index (χ3v) is 4.97. The average molecular weight is 351 g/mol. The van der Waals surface area contributed by atoms with Gasteiger partial charge in [0.15, 0.2) is 0 Å². The largest absolute Gasteiger partial charge is 0.374 e. The molecule has 2 aliphatic rings. The van der Waals surface area contributed by atoms with Gasteiger partial charge in [0.05, 0.1) is 25.2 Å². The molecule has 2 aromatic rings. The van der Waals surface area contributed by atoms with Crippen LogP contribution in [0.5, 0.6) is 0 Å². The number of fused-ring (bicyclic) bond motifs is 1. The molecular weight excluding hydrogens is 330 g/mol. The molecule has 134 valence electrons. The van der Waals surface area contributed by atoms with Crippen LogP contribution in [0.25, 0.3) is 0 Å². The number of likely N-dealkylation sites (tertiary alicyclic amines) is 1. The maximum Gasteiger partial charge on any atom is 0.272 e. The summed E-state index contributed by atoms with van der Waals surface area (Å²) < 4.78 is 5.90. The van der Waals surface area contributed by atoms with Crippen LogP contribution in [-0.4, -0.2) is 58.4 Å². The third kappa shape index (κ3) is 3.32. The summed E-state index contributed by atoms with van der Waals surface area (Å²) in [5.41, 5.74) is 1.50. The van der Waals surface area contributed by atoms with E-state index in [4.69, 9.17) is 4.74 Å². The van der Waals surface area contributed by atoms with Crippen molar-refractivity contribution in [1.29, 1.82) is 0 Å². The molecule has 0 aliphatic carbocycles. The van der Waals surface area contributed by atoms with E-state index in [1.807, 2.05) is 35.2 Å². The summed E-state index contributed by atoms with van der Waals surface area (Å²) in [6, 6.07) is 15.1. The van der Waals surface area contributed by atoms with Crippen molar-refractivity contribution in [3.8, 4) is 0 Å². The highest BCUT2D eigenvalue weighted by Gasteiger charge is 2.43. The second-order valence-electron chi connectivity index (χ2n) is 6.66. The lowest BCUT2D eigenvalue weighted by molar-refractivity contribution is -0.133. The monoisotopic (exact) mass is 351 g/mol. The van der Waals surface area contributed by atoms with Crippen molar-refractivity contribution in [2.45, 2.75) is 25.1 Å². The highest BCUT2D eigenvalue weighted by Crippen LogP contribution is 2.26. The Bertz CT molecular complexity index is 781. The van der Waals surface area contributed by atoms with Gasteiger partial charge in [-0.1, -0.05) is 36.4 Å². The number of nitrogens with zero attached hydrogens (tertiary/aromatic N) is 3. The summed E-state index contributed by atoms with van der Waals surface area (Å²) in [5, 5.41) is 0. The first-order valence-corrected chi connectivity index (χ1v) is 8.87. The summed E-state index contributed by atoms with van der Waals surface area (Å²) in [7, 11) is 0. The number of rotatable bonds is 3. The van der Waals surface area contributed by atoms with E-state index in [2.05, 4.69) is 4.98 Å². The molecule has 0 radical (unpaired) electrons. The summed E-state index contributed by atoms with van der Waals surface area (Å²) in [4.78, 5) is 33.1. The zero-order chi connectivity index (χ0) is 17.9. The predicted octanol–water partition coefficient (Wildman–Crippen LogP) is 1.72. The van der Waals surface area contributed by atoms with E-state index < -0.39 is 0 Å². The van der Waals surface area contributed by atoms with Crippen LogP contribution in [0, 0.1) is 0 Å². The summed E-state index contributed by atoms with van der Waals surface area (Å²) in [6.07, 6.45) is 1.84. The van der Waals surface area contributed by atoms with Crippen LogP contribution >= 0.6 is 0 Å². The molecule has 26 heavy (non-hydrogen) atoms. The van der Waals surface area contributed by atoms with Crippen molar-refractivity contribution >= 4 is 11.8 Å². The topological polar surface area (TPSA) is 62.7 Å². The van der Waals surface area contributed by atoms with E-state index in [1.54, 1.807) is 29.3 Å². The minimum atomic E-state index is -0.155. The Labute approximate surface area is 152 Å². The Morgan fingerprint density at radius 2 is 1.92 bits per heavy atom. The molecule has 1 aromatic heterocycles. The van der Waals surface area contributed by atoms with Gasteiger partial charge in [0.1, 0.15) is 5.69 Å². The van der Waals surface area contributed by atoms with Gasteiger partial charge in [-0.25, -0.2) is 0 Å². The van der Waals surface area contributed by atoms with Gasteiger partial charge in [0, 0.05) is 25.8 Å². The van der Waals surface area contributed by atoms with Crippen LogP contribution in [0.4, 0.5) is 0 Å². The second-order valence-corrected chi connectivity index (χ2v) is 6.66. The molecular formula is C20H21N3O3. The van der Waals surface area contributed by atoms with E-state index in [9.17, 15) is 9.59 Å². The number of hydrogen-bond acceptors (Lipinski definition) is 4. The number of ether oxygens (including phenoxy) is 1.